The maximum absolute atomic E-state index is 12.4. The number of imidazole rings is 1. The number of urea groups is 1. The summed E-state index contributed by atoms with van der Waals surface area (Å²) in [7, 11) is -2.60. The van der Waals surface area contributed by atoms with E-state index >= 15 is 0 Å². The lowest BCUT2D eigenvalue weighted by Crippen LogP contribution is -2.20. The van der Waals surface area contributed by atoms with E-state index in [4.69, 9.17) is 20.7 Å². The first-order chi connectivity index (χ1) is 20.5. The number of nitrogen functional groups attached to an aromatic ring is 1. The van der Waals surface area contributed by atoms with E-state index in [1.807, 2.05) is 36.4 Å². The molecule has 0 fully saturated rings. The van der Waals surface area contributed by atoms with E-state index < -0.39 is 22.0 Å². The minimum atomic E-state index is -3.97. The van der Waals surface area contributed by atoms with E-state index in [2.05, 4.69) is 20.6 Å². The first kappa shape index (κ1) is 30.6. The Balaban J connectivity index is 0.000000296. The summed E-state index contributed by atoms with van der Waals surface area (Å²) in [6.45, 7) is 0. The van der Waals surface area contributed by atoms with E-state index in [0.717, 1.165) is 16.6 Å². The maximum atomic E-state index is 12.4. The van der Waals surface area contributed by atoms with Gasteiger partial charge in [0, 0.05) is 17.8 Å². The number of primary sulfonamides is 1. The van der Waals surface area contributed by atoms with Crippen LogP contribution in [0, 0.1) is 0 Å². The largest absolute Gasteiger partial charge is 0.495 e. The molecule has 222 valence electrons. The second kappa shape index (κ2) is 13.5. The molecule has 5 aromatic rings. The van der Waals surface area contributed by atoms with Gasteiger partial charge < -0.3 is 25.9 Å². The van der Waals surface area contributed by atoms with Crippen molar-refractivity contribution in [2.75, 3.05) is 23.5 Å². The third kappa shape index (κ3) is 8.55. The Bertz CT molecular complexity index is 1820. The average molecular weight is 603 g/mol. The zero-order valence-electron chi connectivity index (χ0n) is 23.1. The van der Waals surface area contributed by atoms with Crippen molar-refractivity contribution in [2.45, 2.75) is 17.7 Å². The quantitative estimate of drug-likeness (QED) is 0.136. The summed E-state index contributed by atoms with van der Waals surface area (Å²) in [6.07, 6.45) is 0.736. The van der Waals surface area contributed by atoms with Crippen LogP contribution in [0.15, 0.2) is 95.9 Å². The highest BCUT2D eigenvalue weighted by Gasteiger charge is 2.16. The van der Waals surface area contributed by atoms with Crippen molar-refractivity contribution < 1.29 is 27.9 Å². The lowest BCUT2D eigenvalue weighted by Gasteiger charge is -2.11. The summed E-state index contributed by atoms with van der Waals surface area (Å²) in [5.74, 6) is -0.291. The molecule has 1 heterocycles. The van der Waals surface area contributed by atoms with Crippen molar-refractivity contribution in [1.29, 1.82) is 0 Å². The van der Waals surface area contributed by atoms with E-state index in [-0.39, 0.29) is 17.1 Å². The van der Waals surface area contributed by atoms with Gasteiger partial charge in [-0.3, -0.25) is 10.1 Å². The molecule has 0 saturated carbocycles. The normalized spacial score (nSPS) is 10.8. The Morgan fingerprint density at radius 2 is 1.65 bits per heavy atom. The highest BCUT2D eigenvalue weighted by atomic mass is 32.2. The van der Waals surface area contributed by atoms with Crippen molar-refractivity contribution >= 4 is 50.4 Å². The van der Waals surface area contributed by atoms with Gasteiger partial charge >= 0.3 is 12.0 Å². The van der Waals surface area contributed by atoms with E-state index in [9.17, 15) is 18.0 Å². The number of rotatable bonds is 8. The smallest absolute Gasteiger partial charge is 0.326 e. The fraction of sp³-hybridized carbons (Fsp3) is 0.100. The molecule has 4 aromatic carbocycles. The third-order valence-electron chi connectivity index (χ3n) is 6.15. The number of anilines is 3. The summed E-state index contributed by atoms with van der Waals surface area (Å²) in [6, 6.07) is 25.8. The fourth-order valence-corrected chi connectivity index (χ4v) is 4.80. The number of para-hydroxylation sites is 2. The van der Waals surface area contributed by atoms with Crippen molar-refractivity contribution in [3.63, 3.8) is 0 Å². The van der Waals surface area contributed by atoms with Gasteiger partial charge in [-0.05, 0) is 71.6 Å². The summed E-state index contributed by atoms with van der Waals surface area (Å²) in [5, 5.41) is 19.1. The molecule has 43 heavy (non-hydrogen) atoms. The molecule has 0 saturated heterocycles. The van der Waals surface area contributed by atoms with Crippen molar-refractivity contribution in [2.24, 2.45) is 5.14 Å². The first-order valence-electron chi connectivity index (χ1n) is 12.9. The van der Waals surface area contributed by atoms with Gasteiger partial charge in [0.2, 0.25) is 16.0 Å². The number of nitrogens with two attached hydrogens (primary N) is 2. The van der Waals surface area contributed by atoms with Crippen LogP contribution in [-0.2, 0) is 21.2 Å². The van der Waals surface area contributed by atoms with E-state index in [0.29, 0.717) is 34.9 Å². The molecule has 0 radical (unpaired) electrons. The van der Waals surface area contributed by atoms with Gasteiger partial charge in [0.25, 0.3) is 0 Å². The lowest BCUT2D eigenvalue weighted by molar-refractivity contribution is -0.136. The molecule has 12 nitrogen and oxygen atoms in total. The fourth-order valence-electron chi connectivity index (χ4n) is 4.07. The lowest BCUT2D eigenvalue weighted by atomic mass is 10.0. The van der Waals surface area contributed by atoms with Gasteiger partial charge in [0.15, 0.2) is 0 Å². The number of sulfonamides is 1. The number of carbonyl (C=O) groups is 2. The van der Waals surface area contributed by atoms with Crippen LogP contribution in [0.3, 0.4) is 0 Å². The maximum Gasteiger partial charge on any atom is 0.326 e. The number of carboxylic acid groups (broad SMARTS) is 1. The van der Waals surface area contributed by atoms with Gasteiger partial charge in [0.1, 0.15) is 10.6 Å². The number of carboxylic acids is 1. The van der Waals surface area contributed by atoms with Gasteiger partial charge in [-0.15, -0.1) is 0 Å². The van der Waals surface area contributed by atoms with Crippen LogP contribution >= 0.6 is 0 Å². The number of aliphatic carboxylic acids is 1. The number of methoxy groups -OCH3 is 1. The number of nitrogens with one attached hydrogen (secondary N) is 3. The highest BCUT2D eigenvalue weighted by Crippen LogP contribution is 2.30. The molecule has 0 atom stereocenters. The third-order valence-corrected chi connectivity index (χ3v) is 7.08. The van der Waals surface area contributed by atoms with Gasteiger partial charge in [-0.1, -0.05) is 42.5 Å². The van der Waals surface area contributed by atoms with E-state index in [1.165, 1.54) is 19.2 Å². The molecule has 8 N–H and O–H groups in total. The second-order valence-electron chi connectivity index (χ2n) is 9.31. The number of fused-ring (bicyclic) bond motifs is 1. The Kier molecular flexibility index (Phi) is 9.60. The zero-order chi connectivity index (χ0) is 31.0. The molecule has 0 aliphatic rings. The van der Waals surface area contributed by atoms with Crippen LogP contribution < -0.4 is 26.2 Å². The zero-order valence-corrected chi connectivity index (χ0v) is 23.9. The number of aromatic nitrogens is 2. The number of nitrogens with zero attached hydrogens (tertiary/aromatic N) is 1. The predicted molar refractivity (Wildman–Crippen MR) is 165 cm³/mol. The summed E-state index contributed by atoms with van der Waals surface area (Å²) >= 11 is 0. The molecule has 2 amide bonds. The number of hydrogen-bond donors (Lipinski definition) is 6. The molecule has 0 unspecified atom stereocenters. The SMILES string of the molecule is COc1ccc(-c2cccc(NC(=O)Nc3nc4ccccc4[nH]3)c2)cc1S(N)(=O)=O.Nc1ccc(CCC(=O)O)cc1. The number of aromatic amines is 1. The molecular weight excluding hydrogens is 572 g/mol. The summed E-state index contributed by atoms with van der Waals surface area (Å²) < 4.78 is 28.8. The number of hydrogen-bond acceptors (Lipinski definition) is 7. The second-order valence-corrected chi connectivity index (χ2v) is 10.8. The van der Waals surface area contributed by atoms with Gasteiger partial charge in [0.05, 0.1) is 18.1 Å². The molecular formula is C30H30N6O6S. The van der Waals surface area contributed by atoms with Crippen LogP contribution in [0.25, 0.3) is 22.2 Å². The van der Waals surface area contributed by atoms with Crippen LogP contribution in [0.1, 0.15) is 12.0 Å². The molecule has 1 aromatic heterocycles. The van der Waals surface area contributed by atoms with Crippen LogP contribution in [0.5, 0.6) is 5.75 Å². The molecule has 5 rings (SSSR count). The van der Waals surface area contributed by atoms with Crippen molar-refractivity contribution in [3.8, 4) is 16.9 Å². The number of H-pyrrole nitrogens is 1. The Hall–Kier alpha value is -5.40. The number of carbonyl (C=O) groups excluding carboxylic acids is 1. The number of amides is 2. The Morgan fingerprint density at radius 3 is 2.33 bits per heavy atom. The standard InChI is InChI=1S/C21H19N5O4S.C9H11NO2/c1-30-18-10-9-14(12-19(18)31(22,28)29)13-5-4-6-15(11-13)23-21(27)26-20-24-16-7-2-3-8-17(16)25-20;10-8-4-1-7(2-5-8)3-6-9(11)12/h2-12H,1H3,(H2,22,28,29)(H3,23,24,25,26,27);1-2,4-5H,3,6,10H2,(H,11,12). The minimum Gasteiger partial charge on any atom is -0.495 e. The van der Waals surface area contributed by atoms with Gasteiger partial charge in [-0.25, -0.2) is 23.3 Å². The summed E-state index contributed by atoms with van der Waals surface area (Å²) in [4.78, 5) is 29.8. The minimum absolute atomic E-state index is 0.117. The van der Waals surface area contributed by atoms with E-state index in [1.54, 1.807) is 42.5 Å². The molecule has 0 bridgehead atoms. The number of ether oxygens (including phenoxy) is 1. The van der Waals surface area contributed by atoms with Crippen LogP contribution in [0.2, 0.25) is 0 Å². The predicted octanol–water partition coefficient (Wildman–Crippen LogP) is 4.82. The molecule has 13 heteroatoms. The summed E-state index contributed by atoms with van der Waals surface area (Å²) in [5.41, 5.74) is 10.5. The van der Waals surface area contributed by atoms with Crippen LogP contribution in [0.4, 0.5) is 22.1 Å². The highest BCUT2D eigenvalue weighted by molar-refractivity contribution is 7.89. The average Bonchev–Trinajstić information content (AvgIpc) is 3.38. The Labute approximate surface area is 247 Å². The molecule has 0 aliphatic heterocycles. The monoisotopic (exact) mass is 602 g/mol. The van der Waals surface area contributed by atoms with Crippen molar-refractivity contribution in [1.82, 2.24) is 9.97 Å². The Morgan fingerprint density at radius 1 is 0.930 bits per heavy atom. The van der Waals surface area contributed by atoms with Crippen LogP contribution in [-0.4, -0.2) is 42.6 Å². The topological polar surface area (TPSA) is 203 Å². The number of benzene rings is 4. The van der Waals surface area contributed by atoms with Crippen molar-refractivity contribution in [3.05, 3.63) is 96.6 Å². The molecule has 0 aliphatic carbocycles. The first-order valence-corrected chi connectivity index (χ1v) is 14.5. The number of aryl methyl sites for hydroxylation is 1. The molecule has 0 spiro atoms. The van der Waals surface area contributed by atoms with Gasteiger partial charge in [-0.2, -0.15) is 0 Å².